The maximum Gasteiger partial charge on any atom is 0.269 e. The zero-order valence-corrected chi connectivity index (χ0v) is 10.4. The third kappa shape index (κ3) is 3.05. The fourth-order valence-corrected chi connectivity index (χ4v) is 2.64. The summed E-state index contributed by atoms with van der Waals surface area (Å²) in [6, 6.07) is 10.5. The van der Waals surface area contributed by atoms with Crippen LogP contribution in [0.1, 0.15) is 15.8 Å². The van der Waals surface area contributed by atoms with Crippen molar-refractivity contribution in [1.29, 1.82) is 0 Å². The fraction of sp³-hybridized carbons (Fsp3) is 0.167. The summed E-state index contributed by atoms with van der Waals surface area (Å²) in [5.74, 6) is 0. The maximum absolute atomic E-state index is 10.5. The molecule has 1 aromatic heterocycles. The highest BCUT2D eigenvalue weighted by atomic mass is 35.5. The standard InChI is InChI=1S/C12H10ClNO2S/c13-11(12-2-1-7-17-12)8-9-3-5-10(6-4-9)14(15)16/h1-7,11H,8H2. The van der Waals surface area contributed by atoms with Crippen molar-refractivity contribution in [3.8, 4) is 0 Å². The van der Waals surface area contributed by atoms with Gasteiger partial charge in [0.15, 0.2) is 0 Å². The molecule has 17 heavy (non-hydrogen) atoms. The van der Waals surface area contributed by atoms with Gasteiger partial charge in [-0.25, -0.2) is 0 Å². The van der Waals surface area contributed by atoms with E-state index in [9.17, 15) is 10.1 Å². The van der Waals surface area contributed by atoms with Crippen molar-refractivity contribution in [3.05, 3.63) is 62.3 Å². The highest BCUT2D eigenvalue weighted by Crippen LogP contribution is 2.28. The van der Waals surface area contributed by atoms with Crippen molar-refractivity contribution in [1.82, 2.24) is 0 Å². The summed E-state index contributed by atoms with van der Waals surface area (Å²) in [7, 11) is 0. The number of nitrogens with zero attached hydrogens (tertiary/aromatic N) is 1. The van der Waals surface area contributed by atoms with E-state index in [1.54, 1.807) is 23.5 Å². The molecule has 2 rings (SSSR count). The zero-order valence-electron chi connectivity index (χ0n) is 8.88. The van der Waals surface area contributed by atoms with E-state index < -0.39 is 4.92 Å². The summed E-state index contributed by atoms with van der Waals surface area (Å²) >= 11 is 7.88. The van der Waals surface area contributed by atoms with Crippen LogP contribution in [0.4, 0.5) is 5.69 Å². The molecular formula is C12H10ClNO2S. The van der Waals surface area contributed by atoms with E-state index in [2.05, 4.69) is 0 Å². The van der Waals surface area contributed by atoms with Crippen molar-refractivity contribution >= 4 is 28.6 Å². The molecule has 0 saturated carbocycles. The van der Waals surface area contributed by atoms with Gasteiger partial charge in [-0.3, -0.25) is 10.1 Å². The Balaban J connectivity index is 2.06. The lowest BCUT2D eigenvalue weighted by molar-refractivity contribution is -0.384. The van der Waals surface area contributed by atoms with Crippen LogP contribution in [0, 0.1) is 10.1 Å². The van der Waals surface area contributed by atoms with Crippen molar-refractivity contribution in [2.45, 2.75) is 11.8 Å². The van der Waals surface area contributed by atoms with Gasteiger partial charge in [0.2, 0.25) is 0 Å². The predicted octanol–water partition coefficient (Wildman–Crippen LogP) is 4.18. The Kier molecular flexibility index (Phi) is 3.76. The molecule has 88 valence electrons. The van der Waals surface area contributed by atoms with Crippen LogP contribution in [0.2, 0.25) is 0 Å². The lowest BCUT2D eigenvalue weighted by atomic mass is 10.1. The van der Waals surface area contributed by atoms with Crippen molar-refractivity contribution in [2.75, 3.05) is 0 Å². The van der Waals surface area contributed by atoms with E-state index >= 15 is 0 Å². The van der Waals surface area contributed by atoms with Gasteiger partial charge in [-0.1, -0.05) is 18.2 Å². The molecule has 2 aromatic rings. The summed E-state index contributed by atoms with van der Waals surface area (Å²) < 4.78 is 0. The van der Waals surface area contributed by atoms with E-state index in [1.807, 2.05) is 17.5 Å². The molecule has 5 heteroatoms. The second-order valence-corrected chi connectivity index (χ2v) is 5.12. The van der Waals surface area contributed by atoms with Gasteiger partial charge in [0.05, 0.1) is 10.3 Å². The topological polar surface area (TPSA) is 43.1 Å². The number of hydrogen-bond acceptors (Lipinski definition) is 3. The van der Waals surface area contributed by atoms with E-state index in [0.29, 0.717) is 6.42 Å². The number of nitro benzene ring substituents is 1. The summed E-state index contributed by atoms with van der Waals surface area (Å²) in [6.45, 7) is 0. The largest absolute Gasteiger partial charge is 0.269 e. The molecule has 0 N–H and O–H groups in total. The molecule has 0 saturated heterocycles. The summed E-state index contributed by atoms with van der Waals surface area (Å²) in [5, 5.41) is 12.4. The van der Waals surface area contributed by atoms with Crippen LogP contribution in [0.25, 0.3) is 0 Å². The monoisotopic (exact) mass is 267 g/mol. The van der Waals surface area contributed by atoms with Gasteiger partial charge in [-0.2, -0.15) is 0 Å². The molecule has 0 fully saturated rings. The van der Waals surface area contributed by atoms with Gasteiger partial charge < -0.3 is 0 Å². The molecule has 0 aliphatic rings. The van der Waals surface area contributed by atoms with Gasteiger partial charge in [0.1, 0.15) is 0 Å². The Bertz CT molecular complexity index is 496. The number of nitro groups is 1. The lowest BCUT2D eigenvalue weighted by Crippen LogP contribution is -1.94. The Morgan fingerprint density at radius 2 is 2.00 bits per heavy atom. The molecule has 0 radical (unpaired) electrons. The molecule has 1 unspecified atom stereocenters. The van der Waals surface area contributed by atoms with E-state index in [-0.39, 0.29) is 11.1 Å². The number of non-ortho nitro benzene ring substituents is 1. The SMILES string of the molecule is O=[N+]([O-])c1ccc(CC(Cl)c2cccs2)cc1. The van der Waals surface area contributed by atoms with Crippen molar-refractivity contribution in [2.24, 2.45) is 0 Å². The molecule has 0 aliphatic carbocycles. The molecule has 1 aromatic carbocycles. The lowest BCUT2D eigenvalue weighted by Gasteiger charge is -2.06. The van der Waals surface area contributed by atoms with E-state index in [4.69, 9.17) is 11.6 Å². The third-order valence-electron chi connectivity index (χ3n) is 2.41. The van der Waals surface area contributed by atoms with Crippen LogP contribution in [0.15, 0.2) is 41.8 Å². The average molecular weight is 268 g/mol. The van der Waals surface area contributed by atoms with Crippen LogP contribution in [0.3, 0.4) is 0 Å². The number of rotatable bonds is 4. The summed E-state index contributed by atoms with van der Waals surface area (Å²) in [4.78, 5) is 11.2. The van der Waals surface area contributed by atoms with Crippen LogP contribution in [-0.2, 0) is 6.42 Å². The second kappa shape index (κ2) is 5.29. The highest BCUT2D eigenvalue weighted by Gasteiger charge is 2.11. The summed E-state index contributed by atoms with van der Waals surface area (Å²) in [6.07, 6.45) is 0.681. The maximum atomic E-state index is 10.5. The second-order valence-electron chi connectivity index (χ2n) is 3.61. The van der Waals surface area contributed by atoms with Gasteiger partial charge in [0.25, 0.3) is 5.69 Å². The minimum atomic E-state index is -0.402. The molecule has 0 bridgehead atoms. The smallest absolute Gasteiger partial charge is 0.258 e. The quantitative estimate of drug-likeness (QED) is 0.474. The van der Waals surface area contributed by atoms with Gasteiger partial charge in [0, 0.05) is 17.0 Å². The molecule has 0 amide bonds. The Hall–Kier alpha value is -1.39. The highest BCUT2D eigenvalue weighted by molar-refractivity contribution is 7.10. The van der Waals surface area contributed by atoms with Crippen LogP contribution >= 0.6 is 22.9 Å². The zero-order chi connectivity index (χ0) is 12.3. The first kappa shape index (κ1) is 12.1. The third-order valence-corrected chi connectivity index (χ3v) is 3.92. The van der Waals surface area contributed by atoms with E-state index in [1.165, 1.54) is 12.1 Å². The molecular weight excluding hydrogens is 258 g/mol. The van der Waals surface area contributed by atoms with Crippen molar-refractivity contribution < 1.29 is 4.92 Å². The predicted molar refractivity (Wildman–Crippen MR) is 69.7 cm³/mol. The number of hydrogen-bond donors (Lipinski definition) is 0. The Labute approximate surface area is 108 Å². The van der Waals surface area contributed by atoms with Crippen LogP contribution in [-0.4, -0.2) is 4.92 Å². The first-order valence-corrected chi connectivity index (χ1v) is 6.39. The number of thiophene rings is 1. The number of benzene rings is 1. The first-order chi connectivity index (χ1) is 8.16. The number of halogens is 1. The van der Waals surface area contributed by atoms with Gasteiger partial charge in [-0.05, 0) is 23.4 Å². The normalized spacial score (nSPS) is 12.3. The molecule has 3 nitrogen and oxygen atoms in total. The Morgan fingerprint density at radius 3 is 2.53 bits per heavy atom. The first-order valence-electron chi connectivity index (χ1n) is 5.07. The molecule has 1 atom stereocenters. The Morgan fingerprint density at radius 1 is 1.29 bits per heavy atom. The van der Waals surface area contributed by atoms with Gasteiger partial charge in [-0.15, -0.1) is 22.9 Å². The molecule has 1 heterocycles. The summed E-state index contributed by atoms with van der Waals surface area (Å²) in [5.41, 5.74) is 1.11. The molecule has 0 spiro atoms. The van der Waals surface area contributed by atoms with Gasteiger partial charge >= 0.3 is 0 Å². The fourth-order valence-electron chi connectivity index (χ4n) is 1.53. The molecule has 0 aliphatic heterocycles. The average Bonchev–Trinajstić information content (AvgIpc) is 2.83. The van der Waals surface area contributed by atoms with Crippen molar-refractivity contribution in [3.63, 3.8) is 0 Å². The number of alkyl halides is 1. The minimum absolute atomic E-state index is 0.0727. The minimum Gasteiger partial charge on any atom is -0.258 e. The van der Waals surface area contributed by atoms with Crippen LogP contribution in [0.5, 0.6) is 0 Å². The van der Waals surface area contributed by atoms with E-state index in [0.717, 1.165) is 10.4 Å². The van der Waals surface area contributed by atoms with Crippen LogP contribution < -0.4 is 0 Å².